The lowest BCUT2D eigenvalue weighted by Crippen LogP contribution is -2.19. The van der Waals surface area contributed by atoms with Gasteiger partial charge in [-0.25, -0.2) is 9.48 Å². The van der Waals surface area contributed by atoms with Gasteiger partial charge in [0.25, 0.3) is 5.91 Å². The van der Waals surface area contributed by atoms with Gasteiger partial charge in [-0.15, -0.1) is 0 Å². The fourth-order valence-corrected chi connectivity index (χ4v) is 3.37. The molecule has 3 amide bonds. The van der Waals surface area contributed by atoms with Crippen LogP contribution in [0.25, 0.3) is 16.9 Å². The van der Waals surface area contributed by atoms with Crippen LogP contribution in [0.5, 0.6) is 5.75 Å². The molecule has 0 aliphatic heterocycles. The van der Waals surface area contributed by atoms with Gasteiger partial charge in [0, 0.05) is 23.1 Å². The molecule has 8 nitrogen and oxygen atoms in total. The summed E-state index contributed by atoms with van der Waals surface area (Å²) in [6.07, 6.45) is 1.69. The Morgan fingerprint density at radius 2 is 1.64 bits per heavy atom. The second-order valence-electron chi connectivity index (χ2n) is 7.43. The molecule has 0 saturated heterocycles. The molecule has 0 bridgehead atoms. The van der Waals surface area contributed by atoms with Crippen molar-refractivity contribution in [2.24, 2.45) is 5.73 Å². The summed E-state index contributed by atoms with van der Waals surface area (Å²) in [5.74, 6) is 0.316. The zero-order valence-electron chi connectivity index (χ0n) is 18.2. The number of primary amides is 1. The van der Waals surface area contributed by atoms with Gasteiger partial charge in [-0.05, 0) is 49.4 Å². The molecule has 4 N–H and O–H groups in total. The Kier molecular flexibility index (Phi) is 6.08. The van der Waals surface area contributed by atoms with E-state index in [1.807, 2.05) is 55.5 Å². The zero-order chi connectivity index (χ0) is 23.4. The number of nitrogens with one attached hydrogen (secondary N) is 2. The topological polar surface area (TPSA) is 111 Å². The maximum atomic E-state index is 13.3. The number of ether oxygens (including phenoxy) is 1. The number of methoxy groups -OCH3 is 1. The number of benzene rings is 3. The van der Waals surface area contributed by atoms with E-state index in [0.717, 1.165) is 16.8 Å². The lowest BCUT2D eigenvalue weighted by atomic mass is 10.1. The number of hydrogen-bond acceptors (Lipinski definition) is 4. The third-order valence-electron chi connectivity index (χ3n) is 4.99. The number of nitrogens with two attached hydrogens (primary N) is 1. The molecule has 0 aliphatic rings. The van der Waals surface area contributed by atoms with E-state index < -0.39 is 6.03 Å². The summed E-state index contributed by atoms with van der Waals surface area (Å²) in [5, 5.41) is 10.1. The molecule has 0 saturated carbocycles. The van der Waals surface area contributed by atoms with Crippen molar-refractivity contribution in [3.63, 3.8) is 0 Å². The second-order valence-corrected chi connectivity index (χ2v) is 7.43. The summed E-state index contributed by atoms with van der Waals surface area (Å²) < 4.78 is 7.02. The van der Waals surface area contributed by atoms with Crippen molar-refractivity contribution < 1.29 is 14.3 Å². The number of urea groups is 1. The van der Waals surface area contributed by atoms with E-state index in [9.17, 15) is 9.59 Å². The third-order valence-corrected chi connectivity index (χ3v) is 4.99. The number of carbonyl (C=O) groups is 2. The van der Waals surface area contributed by atoms with E-state index >= 15 is 0 Å². The summed E-state index contributed by atoms with van der Waals surface area (Å²) in [7, 11) is 1.59. The molecule has 0 atom stereocenters. The number of aromatic nitrogens is 2. The van der Waals surface area contributed by atoms with E-state index in [1.165, 1.54) is 0 Å². The molecule has 0 fully saturated rings. The Morgan fingerprint density at radius 1 is 0.939 bits per heavy atom. The molecule has 1 aromatic heterocycles. The largest absolute Gasteiger partial charge is 0.497 e. The first-order chi connectivity index (χ1) is 15.9. The van der Waals surface area contributed by atoms with Crippen LogP contribution in [-0.2, 0) is 0 Å². The number of carbonyl (C=O) groups excluding carboxylic acids is 2. The van der Waals surface area contributed by atoms with Crippen molar-refractivity contribution >= 4 is 23.3 Å². The molecule has 4 rings (SSSR count). The normalized spacial score (nSPS) is 10.5. The van der Waals surface area contributed by atoms with Gasteiger partial charge < -0.3 is 21.1 Å². The van der Waals surface area contributed by atoms with Crippen LogP contribution in [0.1, 0.15) is 15.9 Å². The first kappa shape index (κ1) is 21.6. The third kappa shape index (κ3) is 5.01. The van der Waals surface area contributed by atoms with Crippen LogP contribution in [0.3, 0.4) is 0 Å². The van der Waals surface area contributed by atoms with Gasteiger partial charge in [0.05, 0.1) is 18.4 Å². The first-order valence-corrected chi connectivity index (χ1v) is 10.2. The minimum absolute atomic E-state index is 0.345. The van der Waals surface area contributed by atoms with Crippen LogP contribution in [-0.4, -0.2) is 28.8 Å². The van der Waals surface area contributed by atoms with Crippen molar-refractivity contribution in [3.8, 4) is 22.7 Å². The monoisotopic (exact) mass is 441 g/mol. The highest BCUT2D eigenvalue weighted by Crippen LogP contribution is 2.28. The quantitative estimate of drug-likeness (QED) is 0.406. The molecular weight excluding hydrogens is 418 g/mol. The minimum Gasteiger partial charge on any atom is -0.497 e. The van der Waals surface area contributed by atoms with E-state index in [0.29, 0.717) is 28.4 Å². The van der Waals surface area contributed by atoms with Gasteiger partial charge in [0.2, 0.25) is 0 Å². The van der Waals surface area contributed by atoms with Gasteiger partial charge in [-0.1, -0.05) is 35.9 Å². The maximum absolute atomic E-state index is 13.3. The summed E-state index contributed by atoms with van der Waals surface area (Å²) in [6.45, 7) is 2.01. The summed E-state index contributed by atoms with van der Waals surface area (Å²) in [6, 6.07) is 21.3. The fraction of sp³-hybridized carbons (Fsp3) is 0.0800. The molecule has 4 aromatic rings. The molecule has 1 heterocycles. The lowest BCUT2D eigenvalue weighted by molar-refractivity contribution is 0.102. The Morgan fingerprint density at radius 3 is 2.33 bits per heavy atom. The summed E-state index contributed by atoms with van der Waals surface area (Å²) in [4.78, 5) is 24.4. The van der Waals surface area contributed by atoms with Gasteiger partial charge >= 0.3 is 6.03 Å². The van der Waals surface area contributed by atoms with Gasteiger partial charge in [-0.2, -0.15) is 5.10 Å². The van der Waals surface area contributed by atoms with Crippen LogP contribution in [0.4, 0.5) is 16.2 Å². The smallest absolute Gasteiger partial charge is 0.316 e. The van der Waals surface area contributed by atoms with Gasteiger partial charge in [0.1, 0.15) is 11.4 Å². The SMILES string of the molecule is COc1cccc(-c2nn(-c3ccc(C)cc3)cc2C(=O)Nc2cccc(NC(N)=O)c2)c1. The summed E-state index contributed by atoms with van der Waals surface area (Å²) in [5.41, 5.74) is 9.76. The standard InChI is InChI=1S/C25H23N5O3/c1-16-9-11-20(12-10-16)30-15-22(23(29-30)17-5-3-8-21(13-17)33-2)24(31)27-18-6-4-7-19(14-18)28-25(26)32/h3-15H,1-2H3,(H,27,31)(H3,26,28,32). The van der Waals surface area contributed by atoms with Crippen molar-refractivity contribution in [2.75, 3.05) is 17.7 Å². The Hall–Kier alpha value is -4.59. The molecule has 3 aromatic carbocycles. The molecule has 0 spiro atoms. The lowest BCUT2D eigenvalue weighted by Gasteiger charge is -2.08. The highest BCUT2D eigenvalue weighted by molar-refractivity contribution is 6.08. The molecule has 0 aliphatic carbocycles. The van der Waals surface area contributed by atoms with E-state index in [1.54, 1.807) is 42.3 Å². The molecule has 8 heteroatoms. The van der Waals surface area contributed by atoms with Crippen LogP contribution < -0.4 is 21.1 Å². The zero-order valence-corrected chi connectivity index (χ0v) is 18.2. The first-order valence-electron chi connectivity index (χ1n) is 10.2. The average molecular weight is 441 g/mol. The number of aryl methyl sites for hydroxylation is 1. The molecular formula is C25H23N5O3. The molecule has 0 unspecified atom stereocenters. The van der Waals surface area contributed by atoms with Gasteiger partial charge in [0.15, 0.2) is 0 Å². The minimum atomic E-state index is -0.682. The number of nitrogens with zero attached hydrogens (tertiary/aromatic N) is 2. The molecule has 0 radical (unpaired) electrons. The molecule has 166 valence electrons. The Balaban J connectivity index is 1.73. The predicted molar refractivity (Wildman–Crippen MR) is 128 cm³/mol. The highest BCUT2D eigenvalue weighted by Gasteiger charge is 2.19. The number of hydrogen-bond donors (Lipinski definition) is 3. The number of anilines is 2. The van der Waals surface area contributed by atoms with Crippen molar-refractivity contribution in [3.05, 3.63) is 90.1 Å². The van der Waals surface area contributed by atoms with Crippen molar-refractivity contribution in [1.29, 1.82) is 0 Å². The van der Waals surface area contributed by atoms with Crippen LogP contribution in [0.15, 0.2) is 79.0 Å². The van der Waals surface area contributed by atoms with Crippen LogP contribution in [0.2, 0.25) is 0 Å². The Bertz CT molecular complexity index is 1310. The Labute approximate surface area is 191 Å². The maximum Gasteiger partial charge on any atom is 0.316 e. The number of amides is 3. The van der Waals surface area contributed by atoms with Crippen molar-refractivity contribution in [2.45, 2.75) is 6.92 Å². The average Bonchev–Trinajstić information content (AvgIpc) is 3.25. The van der Waals surface area contributed by atoms with E-state index in [-0.39, 0.29) is 5.91 Å². The van der Waals surface area contributed by atoms with Crippen molar-refractivity contribution in [1.82, 2.24) is 9.78 Å². The van der Waals surface area contributed by atoms with Crippen LogP contribution in [0, 0.1) is 6.92 Å². The fourth-order valence-electron chi connectivity index (χ4n) is 3.37. The summed E-state index contributed by atoms with van der Waals surface area (Å²) >= 11 is 0. The number of rotatable bonds is 6. The van der Waals surface area contributed by atoms with E-state index in [4.69, 9.17) is 15.6 Å². The van der Waals surface area contributed by atoms with Crippen LogP contribution >= 0.6 is 0 Å². The predicted octanol–water partition coefficient (Wildman–Crippen LogP) is 4.60. The second kappa shape index (κ2) is 9.27. The van der Waals surface area contributed by atoms with Gasteiger partial charge in [-0.3, -0.25) is 4.79 Å². The highest BCUT2D eigenvalue weighted by atomic mass is 16.5. The van der Waals surface area contributed by atoms with E-state index in [2.05, 4.69) is 10.6 Å². The molecule has 33 heavy (non-hydrogen) atoms.